The van der Waals surface area contributed by atoms with Gasteiger partial charge >= 0.3 is 0 Å². The van der Waals surface area contributed by atoms with Crippen molar-refractivity contribution in [1.82, 2.24) is 0 Å². The minimum Gasteiger partial charge on any atom is -0.0843 e. The molecule has 1 heteroatoms. The van der Waals surface area contributed by atoms with Crippen molar-refractivity contribution in [3.05, 3.63) is 155 Å². The van der Waals surface area contributed by atoms with Crippen molar-refractivity contribution in [3.8, 4) is 22.3 Å². The van der Waals surface area contributed by atoms with Gasteiger partial charge in [-0.25, -0.2) is 0 Å². The summed E-state index contributed by atoms with van der Waals surface area (Å²) in [6.45, 7) is 0. The molecule has 164 valence electrons. The second kappa shape index (κ2) is 8.63. The minimum absolute atomic E-state index is 0.142. The minimum atomic E-state index is -0.142. The maximum Gasteiger partial charge on any atom is 0.0406 e. The molecule has 0 bridgehead atoms. The average Bonchev–Trinajstić information content (AvgIpc) is 3.15. The van der Waals surface area contributed by atoms with Gasteiger partial charge in [-0.2, -0.15) is 0 Å². The van der Waals surface area contributed by atoms with Gasteiger partial charge in [-0.3, -0.25) is 0 Å². The molecular formula is C33H25Cl. The third kappa shape index (κ3) is 3.65. The summed E-state index contributed by atoms with van der Waals surface area (Å²) in [7, 11) is 0. The molecule has 0 atom stereocenters. The van der Waals surface area contributed by atoms with E-state index in [9.17, 15) is 0 Å². The number of benzene rings is 5. The molecule has 34 heavy (non-hydrogen) atoms. The summed E-state index contributed by atoms with van der Waals surface area (Å²) in [5, 5.41) is 0.764. The van der Waals surface area contributed by atoms with E-state index < -0.39 is 0 Å². The fraction of sp³-hybridized carbons (Fsp3) is 0.0909. The quantitative estimate of drug-likeness (QED) is 0.248. The summed E-state index contributed by atoms with van der Waals surface area (Å²) in [6.07, 6.45) is 1.91. The van der Waals surface area contributed by atoms with Crippen molar-refractivity contribution >= 4 is 11.6 Å². The van der Waals surface area contributed by atoms with Gasteiger partial charge in [0.05, 0.1) is 0 Å². The summed E-state index contributed by atoms with van der Waals surface area (Å²) >= 11 is 6.18. The molecule has 0 radical (unpaired) electrons. The summed E-state index contributed by atoms with van der Waals surface area (Å²) < 4.78 is 0. The molecule has 0 nitrogen and oxygen atoms in total. The Morgan fingerprint density at radius 1 is 0.471 bits per heavy atom. The van der Waals surface area contributed by atoms with Gasteiger partial charge < -0.3 is 0 Å². The van der Waals surface area contributed by atoms with Crippen molar-refractivity contribution in [1.29, 1.82) is 0 Å². The molecule has 0 aliphatic heterocycles. The Balaban J connectivity index is 1.59. The first-order valence-corrected chi connectivity index (χ1v) is 12.2. The van der Waals surface area contributed by atoms with Crippen LogP contribution in [0.25, 0.3) is 22.3 Å². The van der Waals surface area contributed by atoms with Crippen molar-refractivity contribution in [3.63, 3.8) is 0 Å². The molecule has 1 aliphatic rings. The van der Waals surface area contributed by atoms with E-state index in [-0.39, 0.29) is 5.41 Å². The Labute approximate surface area is 206 Å². The third-order valence-electron chi connectivity index (χ3n) is 7.14. The molecule has 0 fully saturated rings. The van der Waals surface area contributed by atoms with E-state index in [0.29, 0.717) is 0 Å². The third-order valence-corrected chi connectivity index (χ3v) is 7.39. The fourth-order valence-corrected chi connectivity index (χ4v) is 5.74. The van der Waals surface area contributed by atoms with Gasteiger partial charge in [-0.1, -0.05) is 121 Å². The average molecular weight is 457 g/mol. The van der Waals surface area contributed by atoms with Crippen LogP contribution in [0.2, 0.25) is 5.02 Å². The number of hydrogen-bond donors (Lipinski definition) is 0. The lowest BCUT2D eigenvalue weighted by molar-refractivity contribution is 0.520. The van der Waals surface area contributed by atoms with Crippen molar-refractivity contribution in [2.75, 3.05) is 0 Å². The molecule has 0 spiro atoms. The highest BCUT2D eigenvalue weighted by molar-refractivity contribution is 6.30. The summed E-state index contributed by atoms with van der Waals surface area (Å²) in [5.41, 5.74) is 10.5. The maximum absolute atomic E-state index is 6.18. The summed E-state index contributed by atoms with van der Waals surface area (Å²) in [6, 6.07) is 46.0. The lowest BCUT2D eigenvalue weighted by Crippen LogP contribution is -2.31. The second-order valence-corrected chi connectivity index (χ2v) is 9.66. The zero-order valence-corrected chi connectivity index (χ0v) is 19.7. The van der Waals surface area contributed by atoms with E-state index in [0.717, 1.165) is 17.9 Å². The number of halogens is 1. The monoisotopic (exact) mass is 456 g/mol. The smallest absolute Gasteiger partial charge is 0.0406 e. The van der Waals surface area contributed by atoms with Crippen LogP contribution in [0.1, 0.15) is 22.3 Å². The number of fused-ring (bicyclic) bond motifs is 3. The van der Waals surface area contributed by atoms with E-state index in [1.165, 1.54) is 44.5 Å². The Hall–Kier alpha value is -3.61. The van der Waals surface area contributed by atoms with Crippen LogP contribution in [0.3, 0.4) is 0 Å². The zero-order valence-electron chi connectivity index (χ0n) is 18.9. The summed E-state index contributed by atoms with van der Waals surface area (Å²) in [5.74, 6) is 0. The lowest BCUT2D eigenvalue weighted by Gasteiger charge is -2.33. The van der Waals surface area contributed by atoms with Crippen molar-refractivity contribution < 1.29 is 0 Å². The van der Waals surface area contributed by atoms with Crippen molar-refractivity contribution in [2.24, 2.45) is 0 Å². The molecule has 0 N–H and O–H groups in total. The molecule has 5 aromatic rings. The largest absolute Gasteiger partial charge is 0.0843 e. The van der Waals surface area contributed by atoms with E-state index >= 15 is 0 Å². The van der Waals surface area contributed by atoms with Crippen LogP contribution in [-0.2, 0) is 18.3 Å². The topological polar surface area (TPSA) is 0 Å². The first-order chi connectivity index (χ1) is 16.7. The van der Waals surface area contributed by atoms with Gasteiger partial charge in [0.15, 0.2) is 0 Å². The molecule has 0 saturated carbocycles. The van der Waals surface area contributed by atoms with Gasteiger partial charge in [0.25, 0.3) is 0 Å². The van der Waals surface area contributed by atoms with Gasteiger partial charge in [0, 0.05) is 10.4 Å². The van der Waals surface area contributed by atoms with Crippen LogP contribution in [0.15, 0.2) is 127 Å². The fourth-order valence-electron chi connectivity index (χ4n) is 5.61. The standard InChI is InChI=1S/C33H25Cl/c34-28-18-15-26(16-19-28)27-17-20-30-29-13-7-8-14-31(29)33(32(30)21-27,22-24-9-3-1-4-10-24)23-25-11-5-2-6-12-25/h1-21H,22-23H2. The molecule has 0 heterocycles. The predicted octanol–water partition coefficient (Wildman–Crippen LogP) is 8.76. The first-order valence-electron chi connectivity index (χ1n) is 11.8. The predicted molar refractivity (Wildman–Crippen MR) is 143 cm³/mol. The highest BCUT2D eigenvalue weighted by atomic mass is 35.5. The highest BCUT2D eigenvalue weighted by Crippen LogP contribution is 2.53. The summed E-state index contributed by atoms with van der Waals surface area (Å²) in [4.78, 5) is 0. The maximum atomic E-state index is 6.18. The molecule has 5 aromatic carbocycles. The Bertz CT molecular complexity index is 1390. The van der Waals surface area contributed by atoms with Crippen molar-refractivity contribution in [2.45, 2.75) is 18.3 Å². The molecular weight excluding hydrogens is 432 g/mol. The zero-order chi connectivity index (χ0) is 23.0. The van der Waals surface area contributed by atoms with Gasteiger partial charge in [-0.15, -0.1) is 0 Å². The van der Waals surface area contributed by atoms with E-state index in [1.54, 1.807) is 0 Å². The van der Waals surface area contributed by atoms with Crippen LogP contribution in [-0.4, -0.2) is 0 Å². The number of hydrogen-bond acceptors (Lipinski definition) is 0. The van der Waals surface area contributed by atoms with Crippen LogP contribution in [0.5, 0.6) is 0 Å². The van der Waals surface area contributed by atoms with Gasteiger partial charge in [-0.05, 0) is 75.5 Å². The van der Waals surface area contributed by atoms with E-state index in [4.69, 9.17) is 11.6 Å². The Morgan fingerprint density at radius 2 is 1.00 bits per heavy atom. The van der Waals surface area contributed by atoms with Gasteiger partial charge in [0.2, 0.25) is 0 Å². The number of rotatable bonds is 5. The van der Waals surface area contributed by atoms with E-state index in [2.05, 4.69) is 115 Å². The Morgan fingerprint density at radius 3 is 1.65 bits per heavy atom. The normalized spacial score (nSPS) is 13.3. The molecule has 0 amide bonds. The second-order valence-electron chi connectivity index (χ2n) is 9.22. The molecule has 0 unspecified atom stereocenters. The van der Waals surface area contributed by atoms with Gasteiger partial charge in [0.1, 0.15) is 0 Å². The molecule has 1 aliphatic carbocycles. The van der Waals surface area contributed by atoms with Crippen LogP contribution < -0.4 is 0 Å². The molecule has 0 saturated heterocycles. The lowest BCUT2D eigenvalue weighted by atomic mass is 9.69. The van der Waals surface area contributed by atoms with E-state index in [1.807, 2.05) is 12.1 Å². The molecule has 0 aromatic heterocycles. The van der Waals surface area contributed by atoms with Crippen LogP contribution >= 0.6 is 11.6 Å². The first kappa shape index (κ1) is 21.0. The van der Waals surface area contributed by atoms with Crippen LogP contribution in [0, 0.1) is 0 Å². The molecule has 6 rings (SSSR count). The SMILES string of the molecule is Clc1ccc(-c2ccc3c(c2)C(Cc2ccccc2)(Cc2ccccc2)c2ccccc2-3)cc1. The Kier molecular flexibility index (Phi) is 5.32. The van der Waals surface area contributed by atoms with Crippen LogP contribution in [0.4, 0.5) is 0 Å². The highest BCUT2D eigenvalue weighted by Gasteiger charge is 2.43.